The molecule has 0 saturated carbocycles. The van der Waals surface area contributed by atoms with E-state index in [0.29, 0.717) is 25.6 Å². The van der Waals surface area contributed by atoms with Gasteiger partial charge in [0, 0.05) is 43.0 Å². The van der Waals surface area contributed by atoms with Gasteiger partial charge in [0.05, 0.1) is 17.4 Å². The summed E-state index contributed by atoms with van der Waals surface area (Å²) in [7, 11) is 1.91. The molecule has 0 aliphatic carbocycles. The van der Waals surface area contributed by atoms with Crippen LogP contribution < -0.4 is 15.2 Å². The van der Waals surface area contributed by atoms with Crippen LogP contribution in [0.3, 0.4) is 0 Å². The summed E-state index contributed by atoms with van der Waals surface area (Å²) in [5.74, 6) is 2.09. The maximum atomic E-state index is 5.95. The van der Waals surface area contributed by atoms with Gasteiger partial charge in [-0.1, -0.05) is 6.07 Å². The molecule has 1 aromatic carbocycles. The number of hydrogen-bond acceptors (Lipinski definition) is 5. The van der Waals surface area contributed by atoms with E-state index in [-0.39, 0.29) is 0 Å². The first-order valence-corrected chi connectivity index (χ1v) is 8.80. The zero-order valence-electron chi connectivity index (χ0n) is 14.9. The standard InChI is InChI=1S/C20H19N5O2/c1-24-12-15(10-23-24)16-7-14-9-22-20(21)8-17(14)25(16)11-13-2-3-18-19(6-13)27-5-4-26-18/h2-3,6-10,12H,4-5,11H2,1H3,(H2,21,22). The van der Waals surface area contributed by atoms with Crippen LogP contribution in [0.1, 0.15) is 5.56 Å². The zero-order chi connectivity index (χ0) is 18.4. The number of fused-ring (bicyclic) bond motifs is 2. The Labute approximate surface area is 155 Å². The molecule has 136 valence electrons. The molecule has 2 N–H and O–H groups in total. The molecule has 1 aliphatic rings. The Balaban J connectivity index is 1.63. The second-order valence-corrected chi connectivity index (χ2v) is 6.66. The van der Waals surface area contributed by atoms with Crippen molar-refractivity contribution < 1.29 is 9.47 Å². The topological polar surface area (TPSA) is 80.1 Å². The van der Waals surface area contributed by atoms with Gasteiger partial charge in [-0.05, 0) is 23.8 Å². The zero-order valence-corrected chi connectivity index (χ0v) is 14.9. The van der Waals surface area contributed by atoms with Crippen LogP contribution >= 0.6 is 0 Å². The van der Waals surface area contributed by atoms with Crippen molar-refractivity contribution in [1.82, 2.24) is 19.3 Å². The third-order valence-electron chi connectivity index (χ3n) is 4.75. The molecule has 3 aromatic heterocycles. The summed E-state index contributed by atoms with van der Waals surface area (Å²) in [5.41, 5.74) is 10.2. The van der Waals surface area contributed by atoms with E-state index in [1.165, 1.54) is 0 Å². The normalized spacial score (nSPS) is 13.2. The summed E-state index contributed by atoms with van der Waals surface area (Å²) in [6.07, 6.45) is 5.68. The van der Waals surface area contributed by atoms with E-state index in [9.17, 15) is 0 Å². The van der Waals surface area contributed by atoms with Crippen LogP contribution in [0.25, 0.3) is 22.2 Å². The maximum Gasteiger partial charge on any atom is 0.161 e. The van der Waals surface area contributed by atoms with Crippen LogP contribution in [0.5, 0.6) is 11.5 Å². The van der Waals surface area contributed by atoms with Crippen molar-refractivity contribution in [2.24, 2.45) is 7.05 Å². The fraction of sp³-hybridized carbons (Fsp3) is 0.200. The molecule has 0 fully saturated rings. The van der Waals surface area contributed by atoms with Crippen molar-refractivity contribution in [2.75, 3.05) is 18.9 Å². The number of nitrogens with two attached hydrogens (primary N) is 1. The molecule has 0 saturated heterocycles. The molecule has 4 heterocycles. The lowest BCUT2D eigenvalue weighted by Crippen LogP contribution is -2.15. The van der Waals surface area contributed by atoms with Crippen LogP contribution in [0.4, 0.5) is 5.82 Å². The lowest BCUT2D eigenvalue weighted by Gasteiger charge is -2.19. The second kappa shape index (κ2) is 6.05. The van der Waals surface area contributed by atoms with Gasteiger partial charge in [0.15, 0.2) is 11.5 Å². The molecular formula is C20H19N5O2. The van der Waals surface area contributed by atoms with Crippen molar-refractivity contribution in [3.05, 3.63) is 54.5 Å². The molecule has 4 aromatic rings. The number of aryl methyl sites for hydroxylation is 1. The van der Waals surface area contributed by atoms with E-state index < -0.39 is 0 Å². The first-order chi connectivity index (χ1) is 13.2. The molecule has 7 nitrogen and oxygen atoms in total. The van der Waals surface area contributed by atoms with Crippen LogP contribution in [0.15, 0.2) is 48.9 Å². The van der Waals surface area contributed by atoms with Crippen molar-refractivity contribution in [2.45, 2.75) is 6.54 Å². The minimum Gasteiger partial charge on any atom is -0.486 e. The lowest BCUT2D eigenvalue weighted by molar-refractivity contribution is 0.171. The van der Waals surface area contributed by atoms with Gasteiger partial charge in [-0.3, -0.25) is 4.68 Å². The minimum atomic E-state index is 0.502. The van der Waals surface area contributed by atoms with Crippen LogP contribution in [-0.4, -0.2) is 32.5 Å². The summed E-state index contributed by atoms with van der Waals surface area (Å²) >= 11 is 0. The molecule has 1 aliphatic heterocycles. The first kappa shape index (κ1) is 15.7. The highest BCUT2D eigenvalue weighted by Crippen LogP contribution is 2.33. The summed E-state index contributed by atoms with van der Waals surface area (Å²) in [4.78, 5) is 4.23. The number of benzene rings is 1. The van der Waals surface area contributed by atoms with E-state index in [2.05, 4.69) is 26.8 Å². The quantitative estimate of drug-likeness (QED) is 0.607. The van der Waals surface area contributed by atoms with Crippen LogP contribution in [-0.2, 0) is 13.6 Å². The molecule has 0 unspecified atom stereocenters. The molecule has 0 amide bonds. The van der Waals surface area contributed by atoms with E-state index >= 15 is 0 Å². The molecule has 27 heavy (non-hydrogen) atoms. The van der Waals surface area contributed by atoms with Crippen LogP contribution in [0, 0.1) is 0 Å². The Morgan fingerprint density at radius 2 is 1.93 bits per heavy atom. The number of hydrogen-bond donors (Lipinski definition) is 1. The molecule has 0 atom stereocenters. The Morgan fingerprint density at radius 1 is 1.07 bits per heavy atom. The highest BCUT2D eigenvalue weighted by molar-refractivity contribution is 5.87. The monoisotopic (exact) mass is 361 g/mol. The summed E-state index contributed by atoms with van der Waals surface area (Å²) < 4.78 is 15.4. The molecule has 5 rings (SSSR count). The first-order valence-electron chi connectivity index (χ1n) is 8.80. The van der Waals surface area contributed by atoms with E-state index in [1.54, 1.807) is 4.68 Å². The third kappa shape index (κ3) is 2.77. The van der Waals surface area contributed by atoms with Gasteiger partial charge in [-0.15, -0.1) is 0 Å². The van der Waals surface area contributed by atoms with E-state index in [0.717, 1.165) is 39.2 Å². The average Bonchev–Trinajstić information content (AvgIpc) is 3.25. The predicted molar refractivity (Wildman–Crippen MR) is 103 cm³/mol. The van der Waals surface area contributed by atoms with Crippen molar-refractivity contribution in [1.29, 1.82) is 0 Å². The number of nitrogen functional groups attached to an aromatic ring is 1. The Kier molecular flexibility index (Phi) is 3.53. The van der Waals surface area contributed by atoms with Crippen LogP contribution in [0.2, 0.25) is 0 Å². The molecular weight excluding hydrogens is 342 g/mol. The average molecular weight is 361 g/mol. The SMILES string of the molecule is Cn1cc(-c2cc3cnc(N)cc3n2Cc2ccc3c(c2)OCCO3)cn1. The fourth-order valence-corrected chi connectivity index (χ4v) is 3.50. The lowest BCUT2D eigenvalue weighted by atomic mass is 10.1. The highest BCUT2D eigenvalue weighted by Gasteiger charge is 2.16. The highest BCUT2D eigenvalue weighted by atomic mass is 16.6. The summed E-state index contributed by atoms with van der Waals surface area (Å²) in [6.45, 7) is 1.84. The largest absolute Gasteiger partial charge is 0.486 e. The van der Waals surface area contributed by atoms with Gasteiger partial charge in [-0.2, -0.15) is 5.10 Å². The van der Waals surface area contributed by atoms with Gasteiger partial charge < -0.3 is 19.8 Å². The summed E-state index contributed by atoms with van der Waals surface area (Å²) in [5, 5.41) is 5.36. The number of rotatable bonds is 3. The molecule has 0 spiro atoms. The van der Waals surface area contributed by atoms with E-state index in [1.807, 2.05) is 43.8 Å². The number of pyridine rings is 1. The van der Waals surface area contributed by atoms with Gasteiger partial charge in [-0.25, -0.2) is 4.98 Å². The Bertz CT molecular complexity index is 1140. The van der Waals surface area contributed by atoms with Gasteiger partial charge in [0.1, 0.15) is 19.0 Å². The Morgan fingerprint density at radius 3 is 2.74 bits per heavy atom. The Hall–Kier alpha value is -3.48. The second-order valence-electron chi connectivity index (χ2n) is 6.66. The van der Waals surface area contributed by atoms with Crippen molar-refractivity contribution >= 4 is 16.7 Å². The number of nitrogens with zero attached hydrogens (tertiary/aromatic N) is 4. The smallest absolute Gasteiger partial charge is 0.161 e. The van der Waals surface area contributed by atoms with E-state index in [4.69, 9.17) is 15.2 Å². The minimum absolute atomic E-state index is 0.502. The van der Waals surface area contributed by atoms with Gasteiger partial charge in [0.2, 0.25) is 0 Å². The third-order valence-corrected chi connectivity index (χ3v) is 4.75. The fourth-order valence-electron chi connectivity index (χ4n) is 3.50. The molecule has 0 radical (unpaired) electrons. The number of ether oxygens (including phenoxy) is 2. The number of anilines is 1. The van der Waals surface area contributed by atoms with Crippen molar-refractivity contribution in [3.63, 3.8) is 0 Å². The summed E-state index contributed by atoms with van der Waals surface area (Å²) in [6, 6.07) is 10.1. The van der Waals surface area contributed by atoms with Crippen molar-refractivity contribution in [3.8, 4) is 22.8 Å². The molecule has 7 heteroatoms. The number of aromatic nitrogens is 4. The molecule has 0 bridgehead atoms. The van der Waals surface area contributed by atoms with Gasteiger partial charge >= 0.3 is 0 Å². The van der Waals surface area contributed by atoms with Gasteiger partial charge in [0.25, 0.3) is 0 Å². The maximum absolute atomic E-state index is 5.95. The predicted octanol–water partition coefficient (Wildman–Crippen LogP) is 2.84.